The van der Waals surface area contributed by atoms with Gasteiger partial charge in [-0.1, -0.05) is 12.8 Å². The first-order valence-electron chi connectivity index (χ1n) is 7.14. The van der Waals surface area contributed by atoms with Crippen molar-refractivity contribution in [3.05, 3.63) is 24.3 Å². The second-order valence-corrected chi connectivity index (χ2v) is 5.21. The van der Waals surface area contributed by atoms with Gasteiger partial charge in [-0.2, -0.15) is 0 Å². The number of hydrogen-bond donors (Lipinski definition) is 3. The number of carbonyl (C=O) groups excluding carboxylic acids is 1. The zero-order valence-electron chi connectivity index (χ0n) is 11.9. The zero-order valence-corrected chi connectivity index (χ0v) is 11.9. The van der Waals surface area contributed by atoms with E-state index in [1.807, 2.05) is 24.3 Å². The highest BCUT2D eigenvalue weighted by molar-refractivity contribution is 5.89. The zero-order chi connectivity index (χ0) is 14.4. The normalized spacial score (nSPS) is 16.7. The predicted octanol–water partition coefficient (Wildman–Crippen LogP) is 2.33. The summed E-state index contributed by atoms with van der Waals surface area (Å²) in [6, 6.07) is 7.12. The molecular formula is C15H23N3O2. The van der Waals surface area contributed by atoms with E-state index in [1.54, 1.807) is 7.11 Å². The second-order valence-electron chi connectivity index (χ2n) is 5.21. The molecule has 1 aromatic carbocycles. The Morgan fingerprint density at radius 3 is 2.55 bits per heavy atom. The SMILES string of the molecule is COc1ccc(NC(=O)NC(CN)C2CCCC2)cc1. The molecule has 2 amide bonds. The molecule has 0 heterocycles. The van der Waals surface area contributed by atoms with Crippen LogP contribution in [0.15, 0.2) is 24.3 Å². The first kappa shape index (κ1) is 14.7. The highest BCUT2D eigenvalue weighted by Crippen LogP contribution is 2.27. The molecule has 2 rings (SSSR count). The maximum Gasteiger partial charge on any atom is 0.319 e. The standard InChI is InChI=1S/C15H23N3O2/c1-20-13-8-6-12(7-9-13)17-15(19)18-14(10-16)11-4-2-3-5-11/h6-9,11,14H,2-5,10,16H2,1H3,(H2,17,18,19). The lowest BCUT2D eigenvalue weighted by atomic mass is 9.98. The Kier molecular flexibility index (Phi) is 5.24. The summed E-state index contributed by atoms with van der Waals surface area (Å²) in [5.74, 6) is 1.28. The van der Waals surface area contributed by atoms with Crippen molar-refractivity contribution in [2.45, 2.75) is 31.7 Å². The predicted molar refractivity (Wildman–Crippen MR) is 79.9 cm³/mol. The molecule has 0 saturated heterocycles. The van der Waals surface area contributed by atoms with Crippen LogP contribution in [0.3, 0.4) is 0 Å². The van der Waals surface area contributed by atoms with Crippen LogP contribution < -0.4 is 21.1 Å². The summed E-state index contributed by atoms with van der Waals surface area (Å²) in [6.07, 6.45) is 4.79. The fourth-order valence-corrected chi connectivity index (χ4v) is 2.74. The summed E-state index contributed by atoms with van der Waals surface area (Å²) >= 11 is 0. The minimum atomic E-state index is -0.197. The molecular weight excluding hydrogens is 254 g/mol. The molecule has 1 fully saturated rings. The van der Waals surface area contributed by atoms with Crippen LogP contribution in [0.25, 0.3) is 0 Å². The molecule has 4 N–H and O–H groups in total. The molecule has 0 aliphatic heterocycles. The maximum atomic E-state index is 12.0. The molecule has 20 heavy (non-hydrogen) atoms. The maximum absolute atomic E-state index is 12.0. The molecule has 110 valence electrons. The van der Waals surface area contributed by atoms with Crippen molar-refractivity contribution in [1.82, 2.24) is 5.32 Å². The van der Waals surface area contributed by atoms with Crippen LogP contribution in [-0.2, 0) is 0 Å². The first-order chi connectivity index (χ1) is 9.72. The van der Waals surface area contributed by atoms with Crippen LogP contribution in [0.1, 0.15) is 25.7 Å². The first-order valence-corrected chi connectivity index (χ1v) is 7.14. The Hall–Kier alpha value is -1.75. The molecule has 5 nitrogen and oxygen atoms in total. The van der Waals surface area contributed by atoms with Gasteiger partial charge in [0.05, 0.1) is 7.11 Å². The number of rotatable bonds is 5. The largest absolute Gasteiger partial charge is 0.497 e. The molecule has 1 aromatic rings. The Morgan fingerprint density at radius 2 is 2.00 bits per heavy atom. The Bertz CT molecular complexity index is 427. The minimum Gasteiger partial charge on any atom is -0.497 e. The molecule has 1 aliphatic rings. The van der Waals surface area contributed by atoms with Gasteiger partial charge < -0.3 is 21.1 Å². The monoisotopic (exact) mass is 277 g/mol. The fourth-order valence-electron chi connectivity index (χ4n) is 2.74. The summed E-state index contributed by atoms with van der Waals surface area (Å²) in [4.78, 5) is 12.0. The number of nitrogens with two attached hydrogens (primary N) is 1. The molecule has 0 spiro atoms. The third-order valence-corrected chi connectivity index (χ3v) is 3.89. The Balaban J connectivity index is 1.86. The highest BCUT2D eigenvalue weighted by Gasteiger charge is 2.25. The highest BCUT2D eigenvalue weighted by atomic mass is 16.5. The molecule has 0 aromatic heterocycles. The van der Waals surface area contributed by atoms with E-state index in [4.69, 9.17) is 10.5 Å². The van der Waals surface area contributed by atoms with Gasteiger partial charge in [0, 0.05) is 18.3 Å². The second kappa shape index (κ2) is 7.14. The van der Waals surface area contributed by atoms with Gasteiger partial charge in [-0.05, 0) is 43.0 Å². The van der Waals surface area contributed by atoms with Crippen molar-refractivity contribution in [3.63, 3.8) is 0 Å². The number of amides is 2. The lowest BCUT2D eigenvalue weighted by Crippen LogP contribution is -2.46. The minimum absolute atomic E-state index is 0.0655. The van der Waals surface area contributed by atoms with Crippen molar-refractivity contribution >= 4 is 11.7 Å². The average Bonchev–Trinajstić information content (AvgIpc) is 2.99. The van der Waals surface area contributed by atoms with Gasteiger partial charge in [-0.3, -0.25) is 0 Å². The van der Waals surface area contributed by atoms with Crippen molar-refractivity contribution in [2.75, 3.05) is 19.0 Å². The van der Waals surface area contributed by atoms with Gasteiger partial charge in [0.15, 0.2) is 0 Å². The Labute approximate surface area is 119 Å². The number of urea groups is 1. The number of nitrogens with one attached hydrogen (secondary N) is 2. The van der Waals surface area contributed by atoms with Crippen LogP contribution in [0.4, 0.5) is 10.5 Å². The van der Waals surface area contributed by atoms with Crippen molar-refractivity contribution < 1.29 is 9.53 Å². The van der Waals surface area contributed by atoms with Crippen LogP contribution in [0.5, 0.6) is 5.75 Å². The molecule has 1 atom stereocenters. The molecule has 1 aliphatic carbocycles. The van der Waals surface area contributed by atoms with Gasteiger partial charge in [0.1, 0.15) is 5.75 Å². The number of anilines is 1. The van der Waals surface area contributed by atoms with Crippen LogP contribution in [0, 0.1) is 5.92 Å². The van der Waals surface area contributed by atoms with Gasteiger partial charge in [-0.25, -0.2) is 4.79 Å². The summed E-state index contributed by atoms with van der Waals surface area (Å²) in [5, 5.41) is 5.80. The van der Waals surface area contributed by atoms with Crippen molar-refractivity contribution in [1.29, 1.82) is 0 Å². The molecule has 1 saturated carbocycles. The van der Waals surface area contributed by atoms with E-state index in [2.05, 4.69) is 10.6 Å². The van der Waals surface area contributed by atoms with E-state index in [9.17, 15) is 4.79 Å². The van der Waals surface area contributed by atoms with E-state index in [0.29, 0.717) is 12.5 Å². The van der Waals surface area contributed by atoms with Crippen LogP contribution in [-0.4, -0.2) is 25.7 Å². The smallest absolute Gasteiger partial charge is 0.319 e. The summed E-state index contributed by atoms with van der Waals surface area (Å²) in [5.41, 5.74) is 6.51. The van der Waals surface area contributed by atoms with Gasteiger partial charge in [0.25, 0.3) is 0 Å². The van der Waals surface area contributed by atoms with E-state index in [1.165, 1.54) is 12.8 Å². The third-order valence-electron chi connectivity index (χ3n) is 3.89. The molecule has 0 radical (unpaired) electrons. The number of methoxy groups -OCH3 is 1. The molecule has 0 bridgehead atoms. The Morgan fingerprint density at radius 1 is 1.35 bits per heavy atom. The quantitative estimate of drug-likeness (QED) is 0.773. The van der Waals surface area contributed by atoms with E-state index >= 15 is 0 Å². The summed E-state index contributed by atoms with van der Waals surface area (Å²) in [7, 11) is 1.61. The third kappa shape index (κ3) is 3.87. The molecule has 1 unspecified atom stereocenters. The van der Waals surface area contributed by atoms with Gasteiger partial charge in [0.2, 0.25) is 0 Å². The fraction of sp³-hybridized carbons (Fsp3) is 0.533. The molecule has 5 heteroatoms. The lowest BCUT2D eigenvalue weighted by Gasteiger charge is -2.23. The number of ether oxygens (including phenoxy) is 1. The van der Waals surface area contributed by atoms with E-state index < -0.39 is 0 Å². The average molecular weight is 277 g/mol. The van der Waals surface area contributed by atoms with Gasteiger partial charge in [-0.15, -0.1) is 0 Å². The number of carbonyl (C=O) groups is 1. The topological polar surface area (TPSA) is 76.4 Å². The van der Waals surface area contributed by atoms with Crippen molar-refractivity contribution in [3.8, 4) is 5.75 Å². The van der Waals surface area contributed by atoms with Gasteiger partial charge >= 0.3 is 6.03 Å². The summed E-state index contributed by atoms with van der Waals surface area (Å²) < 4.78 is 5.08. The van der Waals surface area contributed by atoms with E-state index in [0.717, 1.165) is 24.3 Å². The van der Waals surface area contributed by atoms with Crippen molar-refractivity contribution in [2.24, 2.45) is 11.7 Å². The van der Waals surface area contributed by atoms with E-state index in [-0.39, 0.29) is 12.1 Å². The van der Waals surface area contributed by atoms with Crippen LogP contribution >= 0.6 is 0 Å². The summed E-state index contributed by atoms with van der Waals surface area (Å²) in [6.45, 7) is 0.487. The number of benzene rings is 1. The van der Waals surface area contributed by atoms with Crippen LogP contribution in [0.2, 0.25) is 0 Å². The lowest BCUT2D eigenvalue weighted by molar-refractivity contribution is 0.243. The number of hydrogen-bond acceptors (Lipinski definition) is 3.